The molecule has 0 aliphatic heterocycles. The number of ether oxygens (including phenoxy) is 1. The quantitative estimate of drug-likeness (QED) is 0.624. The van der Waals surface area contributed by atoms with E-state index in [-0.39, 0.29) is 0 Å². The molecule has 0 unspecified atom stereocenters. The maximum absolute atomic E-state index is 11.7. The van der Waals surface area contributed by atoms with Crippen LogP contribution in [0, 0.1) is 0 Å². The van der Waals surface area contributed by atoms with Crippen molar-refractivity contribution in [2.45, 2.75) is 32.9 Å². The minimum atomic E-state index is -0.827. The first-order chi connectivity index (χ1) is 7.79. The normalized spacial score (nSPS) is 11.1. The first-order valence-corrected chi connectivity index (χ1v) is 5.40. The summed E-state index contributed by atoms with van der Waals surface area (Å²) in [4.78, 5) is 27.5. The van der Waals surface area contributed by atoms with Gasteiger partial charge in [-0.15, -0.1) is 0 Å². The largest absolute Gasteiger partial charge is 0.453 e. The average molecular weight is 238 g/mol. The summed E-state index contributed by atoms with van der Waals surface area (Å²) < 4.78 is 5.00. The van der Waals surface area contributed by atoms with Gasteiger partial charge in [-0.25, -0.2) is 4.79 Å². The Morgan fingerprint density at radius 3 is 2.53 bits per heavy atom. The van der Waals surface area contributed by atoms with Crippen LogP contribution in [0.3, 0.4) is 0 Å². The number of nitrogens with one attached hydrogen (secondary N) is 1. The molecule has 0 spiro atoms. The number of amides is 1. The number of likely N-dealkylation sites (N-methyl/N-ethyl adjacent to an activating group) is 1. The maximum Gasteiger partial charge on any atom is 0.397 e. The molecule has 0 aliphatic rings. The van der Waals surface area contributed by atoms with E-state index in [0.29, 0.717) is 6.54 Å². The Hall–Kier alpha value is -1.78. The van der Waals surface area contributed by atoms with Crippen molar-refractivity contribution in [2.75, 3.05) is 7.05 Å². The van der Waals surface area contributed by atoms with E-state index in [9.17, 15) is 9.59 Å². The lowest BCUT2D eigenvalue weighted by atomic mass is 10.2. The lowest BCUT2D eigenvalue weighted by molar-refractivity contribution is -0.167. The van der Waals surface area contributed by atoms with Crippen LogP contribution in [0.1, 0.15) is 26.5 Å². The van der Waals surface area contributed by atoms with E-state index in [4.69, 9.17) is 4.74 Å². The fourth-order valence-corrected chi connectivity index (χ4v) is 1.27. The predicted octanol–water partition coefficient (Wildman–Crippen LogP) is 1.31. The van der Waals surface area contributed by atoms with Crippen LogP contribution < -0.4 is 0 Å². The van der Waals surface area contributed by atoms with Gasteiger partial charge in [0, 0.05) is 18.9 Å². The summed E-state index contributed by atoms with van der Waals surface area (Å²) in [6.07, 6.45) is 1.77. The van der Waals surface area contributed by atoms with Crippen molar-refractivity contribution in [2.24, 2.45) is 0 Å². The number of nitrogens with zero attached hydrogens (tertiary/aromatic N) is 1. The minimum Gasteiger partial charge on any atom is -0.453 e. The van der Waals surface area contributed by atoms with Gasteiger partial charge in [-0.05, 0) is 32.9 Å². The highest BCUT2D eigenvalue weighted by atomic mass is 16.6. The molecule has 5 nitrogen and oxygen atoms in total. The lowest BCUT2D eigenvalue weighted by Gasteiger charge is -2.21. The van der Waals surface area contributed by atoms with E-state index in [2.05, 4.69) is 4.98 Å². The van der Waals surface area contributed by atoms with Crippen LogP contribution >= 0.6 is 0 Å². The Balaban J connectivity index is 2.55. The molecule has 0 aromatic carbocycles. The smallest absolute Gasteiger partial charge is 0.397 e. The molecule has 1 heterocycles. The van der Waals surface area contributed by atoms with Gasteiger partial charge >= 0.3 is 11.9 Å². The molecule has 0 saturated carbocycles. The van der Waals surface area contributed by atoms with E-state index in [1.807, 2.05) is 12.1 Å². The summed E-state index contributed by atoms with van der Waals surface area (Å²) >= 11 is 0. The molecule has 5 heteroatoms. The van der Waals surface area contributed by atoms with Crippen LogP contribution in [0.2, 0.25) is 0 Å². The molecular formula is C12H18N2O3. The van der Waals surface area contributed by atoms with Crippen molar-refractivity contribution in [3.05, 3.63) is 24.0 Å². The number of carbonyl (C=O) groups is 2. The van der Waals surface area contributed by atoms with Crippen molar-refractivity contribution >= 4 is 11.9 Å². The number of aromatic nitrogens is 1. The fourth-order valence-electron chi connectivity index (χ4n) is 1.27. The molecule has 1 aromatic heterocycles. The van der Waals surface area contributed by atoms with Gasteiger partial charge in [0.05, 0.1) is 6.54 Å². The van der Waals surface area contributed by atoms with Crippen LogP contribution in [-0.2, 0) is 20.9 Å². The number of hydrogen-bond donors (Lipinski definition) is 1. The van der Waals surface area contributed by atoms with Gasteiger partial charge in [0.25, 0.3) is 0 Å². The monoisotopic (exact) mass is 238 g/mol. The SMILES string of the molecule is CN(Cc1ccc[nH]1)C(=O)C(=O)OC(C)(C)C. The van der Waals surface area contributed by atoms with Gasteiger partial charge in [0.15, 0.2) is 0 Å². The van der Waals surface area contributed by atoms with Crippen LogP contribution in [0.25, 0.3) is 0 Å². The Morgan fingerprint density at radius 1 is 1.41 bits per heavy atom. The molecule has 1 aromatic rings. The van der Waals surface area contributed by atoms with Crippen LogP contribution in [-0.4, -0.2) is 34.4 Å². The predicted molar refractivity (Wildman–Crippen MR) is 63.1 cm³/mol. The molecule has 0 fully saturated rings. The highest BCUT2D eigenvalue weighted by Crippen LogP contribution is 2.08. The zero-order valence-electron chi connectivity index (χ0n) is 10.6. The molecule has 0 aliphatic carbocycles. The fraction of sp³-hybridized carbons (Fsp3) is 0.500. The highest BCUT2D eigenvalue weighted by Gasteiger charge is 2.25. The zero-order chi connectivity index (χ0) is 13.1. The van der Waals surface area contributed by atoms with E-state index in [1.165, 1.54) is 4.90 Å². The van der Waals surface area contributed by atoms with Crippen molar-refractivity contribution in [1.82, 2.24) is 9.88 Å². The molecule has 94 valence electrons. The van der Waals surface area contributed by atoms with E-state index in [0.717, 1.165) is 5.69 Å². The third kappa shape index (κ3) is 4.30. The second-order valence-corrected chi connectivity index (χ2v) is 4.86. The highest BCUT2D eigenvalue weighted by molar-refractivity contribution is 6.32. The zero-order valence-corrected chi connectivity index (χ0v) is 10.6. The van der Waals surface area contributed by atoms with Crippen LogP contribution in [0.15, 0.2) is 18.3 Å². The third-order valence-electron chi connectivity index (χ3n) is 1.99. The molecular weight excluding hydrogens is 220 g/mol. The number of esters is 1. The number of carbonyl (C=O) groups excluding carboxylic acids is 2. The molecule has 0 bridgehead atoms. The molecule has 1 amide bonds. The maximum atomic E-state index is 11.7. The second kappa shape index (κ2) is 5.03. The summed E-state index contributed by atoms with van der Waals surface area (Å²) in [6.45, 7) is 5.53. The summed E-state index contributed by atoms with van der Waals surface area (Å²) in [6, 6.07) is 3.68. The second-order valence-electron chi connectivity index (χ2n) is 4.86. The average Bonchev–Trinajstić information content (AvgIpc) is 2.66. The lowest BCUT2D eigenvalue weighted by Crippen LogP contribution is -2.38. The Bertz CT molecular complexity index is 390. The Kier molecular flexibility index (Phi) is 3.93. The molecule has 0 atom stereocenters. The van der Waals surface area contributed by atoms with Gasteiger partial charge < -0.3 is 14.6 Å². The molecule has 1 N–H and O–H groups in total. The number of rotatable bonds is 2. The minimum absolute atomic E-state index is 0.352. The van der Waals surface area contributed by atoms with Crippen LogP contribution in [0.5, 0.6) is 0 Å². The summed E-state index contributed by atoms with van der Waals surface area (Å²) in [7, 11) is 1.56. The summed E-state index contributed by atoms with van der Waals surface area (Å²) in [5, 5.41) is 0. The summed E-state index contributed by atoms with van der Waals surface area (Å²) in [5.41, 5.74) is 0.212. The first kappa shape index (κ1) is 13.3. The van der Waals surface area contributed by atoms with Gasteiger partial charge in [-0.3, -0.25) is 4.79 Å². The van der Waals surface area contributed by atoms with Gasteiger partial charge in [-0.1, -0.05) is 0 Å². The third-order valence-corrected chi connectivity index (χ3v) is 1.99. The number of H-pyrrole nitrogens is 1. The van der Waals surface area contributed by atoms with Crippen molar-refractivity contribution in [3.8, 4) is 0 Å². The summed E-state index contributed by atoms with van der Waals surface area (Å²) in [5.74, 6) is -1.47. The van der Waals surface area contributed by atoms with Gasteiger partial charge in [0.2, 0.25) is 0 Å². The Labute approximate surface area is 101 Å². The van der Waals surface area contributed by atoms with Gasteiger partial charge in [-0.2, -0.15) is 0 Å². The molecule has 1 rings (SSSR count). The molecule has 0 radical (unpaired) electrons. The van der Waals surface area contributed by atoms with Crippen molar-refractivity contribution < 1.29 is 14.3 Å². The van der Waals surface area contributed by atoms with Crippen molar-refractivity contribution in [3.63, 3.8) is 0 Å². The van der Waals surface area contributed by atoms with E-state index < -0.39 is 17.5 Å². The van der Waals surface area contributed by atoms with Gasteiger partial charge in [0.1, 0.15) is 5.60 Å². The van der Waals surface area contributed by atoms with Crippen LogP contribution in [0.4, 0.5) is 0 Å². The molecule has 0 saturated heterocycles. The topological polar surface area (TPSA) is 62.4 Å². The standard InChI is InChI=1S/C12H18N2O3/c1-12(2,3)17-11(16)10(15)14(4)8-9-6-5-7-13-9/h5-7,13H,8H2,1-4H3. The van der Waals surface area contributed by atoms with Crippen molar-refractivity contribution in [1.29, 1.82) is 0 Å². The van der Waals surface area contributed by atoms with E-state index in [1.54, 1.807) is 34.0 Å². The number of hydrogen-bond acceptors (Lipinski definition) is 3. The molecule has 17 heavy (non-hydrogen) atoms. The van der Waals surface area contributed by atoms with E-state index >= 15 is 0 Å². The first-order valence-electron chi connectivity index (χ1n) is 5.40. The number of aromatic amines is 1. The Morgan fingerprint density at radius 2 is 2.06 bits per heavy atom.